The lowest BCUT2D eigenvalue weighted by molar-refractivity contribution is 0.511. The zero-order valence-corrected chi connectivity index (χ0v) is 11.0. The molecule has 1 N–H and O–H groups in total. The first-order chi connectivity index (χ1) is 8.86. The van der Waals surface area contributed by atoms with E-state index < -0.39 is 0 Å². The van der Waals surface area contributed by atoms with Gasteiger partial charge in [-0.15, -0.1) is 0 Å². The predicted octanol–water partition coefficient (Wildman–Crippen LogP) is 3.77. The standard InChI is InChI=1S/C17H21N/c1-18-16-10-9-13(12-16)11-15-7-4-6-14-5-2-3-8-17(14)15/h2-8,13,16,18H,9-12H2,1H3. The summed E-state index contributed by atoms with van der Waals surface area (Å²) in [5.41, 5.74) is 1.52. The quantitative estimate of drug-likeness (QED) is 0.859. The van der Waals surface area contributed by atoms with Crippen molar-refractivity contribution in [2.75, 3.05) is 7.05 Å². The minimum absolute atomic E-state index is 0.741. The van der Waals surface area contributed by atoms with Gasteiger partial charge in [-0.3, -0.25) is 0 Å². The molecule has 1 heteroatoms. The molecule has 0 spiro atoms. The molecule has 2 unspecified atom stereocenters. The molecule has 2 aromatic carbocycles. The number of fused-ring (bicyclic) bond motifs is 1. The van der Waals surface area contributed by atoms with E-state index in [1.54, 1.807) is 0 Å². The minimum atomic E-state index is 0.741. The highest BCUT2D eigenvalue weighted by Crippen LogP contribution is 2.30. The molecule has 2 atom stereocenters. The summed E-state index contributed by atoms with van der Waals surface area (Å²) in [5.74, 6) is 0.855. The van der Waals surface area contributed by atoms with Gasteiger partial charge in [0.25, 0.3) is 0 Å². The summed E-state index contributed by atoms with van der Waals surface area (Å²) in [5, 5.41) is 6.23. The second-order valence-corrected chi connectivity index (χ2v) is 5.51. The fourth-order valence-corrected chi connectivity index (χ4v) is 3.30. The average Bonchev–Trinajstić information content (AvgIpc) is 2.87. The van der Waals surface area contributed by atoms with E-state index in [1.807, 2.05) is 0 Å². The fraction of sp³-hybridized carbons (Fsp3) is 0.412. The zero-order valence-electron chi connectivity index (χ0n) is 11.0. The molecule has 1 aliphatic rings. The molecule has 0 aromatic heterocycles. The van der Waals surface area contributed by atoms with E-state index in [4.69, 9.17) is 0 Å². The molecule has 0 amide bonds. The van der Waals surface area contributed by atoms with Gasteiger partial charge in [-0.05, 0) is 55.0 Å². The zero-order chi connectivity index (χ0) is 12.4. The SMILES string of the molecule is CNC1CCC(Cc2cccc3ccccc23)C1. The van der Waals surface area contributed by atoms with E-state index in [1.165, 1.54) is 42.0 Å². The molecule has 0 saturated heterocycles. The second kappa shape index (κ2) is 5.11. The minimum Gasteiger partial charge on any atom is -0.317 e. The third-order valence-corrected chi connectivity index (χ3v) is 4.34. The van der Waals surface area contributed by atoms with Gasteiger partial charge in [0.2, 0.25) is 0 Å². The Hall–Kier alpha value is -1.34. The van der Waals surface area contributed by atoms with Gasteiger partial charge in [0, 0.05) is 6.04 Å². The number of rotatable bonds is 3. The van der Waals surface area contributed by atoms with Crippen LogP contribution < -0.4 is 5.32 Å². The van der Waals surface area contributed by atoms with Gasteiger partial charge in [0.05, 0.1) is 0 Å². The monoisotopic (exact) mass is 239 g/mol. The maximum atomic E-state index is 3.42. The summed E-state index contributed by atoms with van der Waals surface area (Å²) in [6.07, 6.45) is 5.28. The molecule has 2 aromatic rings. The molecule has 18 heavy (non-hydrogen) atoms. The largest absolute Gasteiger partial charge is 0.317 e. The van der Waals surface area contributed by atoms with Crippen molar-refractivity contribution in [2.24, 2.45) is 5.92 Å². The van der Waals surface area contributed by atoms with Crippen molar-refractivity contribution in [3.8, 4) is 0 Å². The van der Waals surface area contributed by atoms with E-state index in [-0.39, 0.29) is 0 Å². The number of nitrogens with one attached hydrogen (secondary N) is 1. The highest BCUT2D eigenvalue weighted by molar-refractivity contribution is 5.85. The molecule has 1 fully saturated rings. The molecule has 0 radical (unpaired) electrons. The van der Waals surface area contributed by atoms with Crippen molar-refractivity contribution in [1.29, 1.82) is 0 Å². The summed E-state index contributed by atoms with van der Waals surface area (Å²) >= 11 is 0. The number of hydrogen-bond donors (Lipinski definition) is 1. The summed E-state index contributed by atoms with van der Waals surface area (Å²) in [4.78, 5) is 0. The van der Waals surface area contributed by atoms with Crippen LogP contribution in [0.15, 0.2) is 42.5 Å². The Kier molecular flexibility index (Phi) is 3.33. The predicted molar refractivity (Wildman–Crippen MR) is 77.8 cm³/mol. The van der Waals surface area contributed by atoms with Crippen LogP contribution in [-0.2, 0) is 6.42 Å². The maximum absolute atomic E-state index is 3.42. The lowest BCUT2D eigenvalue weighted by atomic mass is 9.94. The van der Waals surface area contributed by atoms with Crippen molar-refractivity contribution in [3.05, 3.63) is 48.0 Å². The molecular formula is C17H21N. The topological polar surface area (TPSA) is 12.0 Å². The summed E-state index contributed by atoms with van der Waals surface area (Å²) < 4.78 is 0. The van der Waals surface area contributed by atoms with E-state index in [0.717, 1.165) is 12.0 Å². The Balaban J connectivity index is 1.83. The number of hydrogen-bond acceptors (Lipinski definition) is 1. The Bertz CT molecular complexity index is 527. The molecule has 94 valence electrons. The van der Waals surface area contributed by atoms with Crippen molar-refractivity contribution >= 4 is 10.8 Å². The molecule has 3 rings (SSSR count). The van der Waals surface area contributed by atoms with Gasteiger partial charge in [-0.1, -0.05) is 42.5 Å². The van der Waals surface area contributed by atoms with Gasteiger partial charge < -0.3 is 5.32 Å². The van der Waals surface area contributed by atoms with E-state index >= 15 is 0 Å². The van der Waals surface area contributed by atoms with Gasteiger partial charge in [0.15, 0.2) is 0 Å². The second-order valence-electron chi connectivity index (χ2n) is 5.51. The van der Waals surface area contributed by atoms with Crippen LogP contribution >= 0.6 is 0 Å². The smallest absolute Gasteiger partial charge is 0.00669 e. The van der Waals surface area contributed by atoms with Crippen molar-refractivity contribution in [2.45, 2.75) is 31.7 Å². The molecule has 1 saturated carbocycles. The van der Waals surface area contributed by atoms with E-state index in [2.05, 4.69) is 54.8 Å². The maximum Gasteiger partial charge on any atom is 0.00669 e. The van der Waals surface area contributed by atoms with Gasteiger partial charge in [0.1, 0.15) is 0 Å². The Morgan fingerprint density at radius 3 is 2.72 bits per heavy atom. The van der Waals surface area contributed by atoms with Crippen LogP contribution in [0.1, 0.15) is 24.8 Å². The molecule has 0 heterocycles. The third-order valence-electron chi connectivity index (χ3n) is 4.34. The summed E-state index contributed by atoms with van der Waals surface area (Å²) in [7, 11) is 2.09. The van der Waals surface area contributed by atoms with Crippen molar-refractivity contribution < 1.29 is 0 Å². The van der Waals surface area contributed by atoms with E-state index in [0.29, 0.717) is 0 Å². The van der Waals surface area contributed by atoms with Gasteiger partial charge in [-0.2, -0.15) is 0 Å². The van der Waals surface area contributed by atoms with Crippen molar-refractivity contribution in [3.63, 3.8) is 0 Å². The highest BCUT2D eigenvalue weighted by atomic mass is 14.9. The van der Waals surface area contributed by atoms with Crippen LogP contribution in [0.2, 0.25) is 0 Å². The Morgan fingerprint density at radius 2 is 1.89 bits per heavy atom. The van der Waals surface area contributed by atoms with Crippen LogP contribution in [0, 0.1) is 5.92 Å². The highest BCUT2D eigenvalue weighted by Gasteiger charge is 2.23. The van der Waals surface area contributed by atoms with Crippen molar-refractivity contribution in [1.82, 2.24) is 5.32 Å². The normalized spacial score (nSPS) is 23.6. The number of benzene rings is 2. The molecule has 0 bridgehead atoms. The first kappa shape index (κ1) is 11.7. The molecule has 1 aliphatic carbocycles. The summed E-state index contributed by atoms with van der Waals surface area (Å²) in [6, 6.07) is 16.2. The molecule has 1 nitrogen and oxygen atoms in total. The lowest BCUT2D eigenvalue weighted by Gasteiger charge is -2.12. The lowest BCUT2D eigenvalue weighted by Crippen LogP contribution is -2.21. The Labute approximate surface area is 109 Å². The summed E-state index contributed by atoms with van der Waals surface area (Å²) in [6.45, 7) is 0. The van der Waals surface area contributed by atoms with Gasteiger partial charge >= 0.3 is 0 Å². The molecule has 0 aliphatic heterocycles. The van der Waals surface area contributed by atoms with Crippen LogP contribution in [-0.4, -0.2) is 13.1 Å². The van der Waals surface area contributed by atoms with Crippen LogP contribution in [0.5, 0.6) is 0 Å². The first-order valence-corrected chi connectivity index (χ1v) is 7.00. The van der Waals surface area contributed by atoms with Crippen LogP contribution in [0.4, 0.5) is 0 Å². The average molecular weight is 239 g/mol. The van der Waals surface area contributed by atoms with E-state index in [9.17, 15) is 0 Å². The van der Waals surface area contributed by atoms with Crippen LogP contribution in [0.3, 0.4) is 0 Å². The molecular weight excluding hydrogens is 218 g/mol. The fourth-order valence-electron chi connectivity index (χ4n) is 3.30. The first-order valence-electron chi connectivity index (χ1n) is 7.00. The third kappa shape index (κ3) is 2.28. The van der Waals surface area contributed by atoms with Crippen LogP contribution in [0.25, 0.3) is 10.8 Å². The Morgan fingerprint density at radius 1 is 1.06 bits per heavy atom. The van der Waals surface area contributed by atoms with Gasteiger partial charge in [-0.25, -0.2) is 0 Å².